The van der Waals surface area contributed by atoms with Gasteiger partial charge in [-0.2, -0.15) is 0 Å². The fraction of sp³-hybridized carbons (Fsp3) is 0.310. The van der Waals surface area contributed by atoms with Crippen molar-refractivity contribution in [1.29, 1.82) is 0 Å². The van der Waals surface area contributed by atoms with E-state index in [1.807, 2.05) is 20.8 Å². The molecule has 0 saturated carbocycles. The van der Waals surface area contributed by atoms with Crippen LogP contribution in [0.2, 0.25) is 10.0 Å². The third-order valence-corrected chi connectivity index (χ3v) is 8.47. The van der Waals surface area contributed by atoms with Crippen molar-refractivity contribution in [3.63, 3.8) is 0 Å². The zero-order chi connectivity index (χ0) is 28.7. The Kier molecular flexibility index (Phi) is 10.4. The van der Waals surface area contributed by atoms with Crippen molar-refractivity contribution in [2.75, 3.05) is 17.4 Å². The lowest BCUT2D eigenvalue weighted by Gasteiger charge is -2.32. The van der Waals surface area contributed by atoms with E-state index < -0.39 is 28.5 Å². The molecule has 0 bridgehead atoms. The molecule has 0 aliphatic carbocycles. The zero-order valence-corrected chi connectivity index (χ0v) is 24.7. The summed E-state index contributed by atoms with van der Waals surface area (Å²) in [7, 11) is -4.18. The van der Waals surface area contributed by atoms with Crippen molar-refractivity contribution in [1.82, 2.24) is 10.2 Å². The second-order valence-corrected chi connectivity index (χ2v) is 12.4. The summed E-state index contributed by atoms with van der Waals surface area (Å²) in [6, 6.07) is 18.8. The summed E-state index contributed by atoms with van der Waals surface area (Å²) in [5.41, 5.74) is 1.79. The third kappa shape index (κ3) is 7.97. The van der Waals surface area contributed by atoms with E-state index in [0.29, 0.717) is 11.6 Å². The summed E-state index contributed by atoms with van der Waals surface area (Å²) < 4.78 is 28.7. The normalized spacial score (nSPS) is 12.2. The molecule has 10 heteroatoms. The lowest BCUT2D eigenvalue weighted by molar-refractivity contribution is -0.139. The molecular formula is C29H33Cl2N3O4S. The molecule has 0 saturated heterocycles. The number of benzene rings is 3. The maximum absolute atomic E-state index is 13.9. The number of halogens is 2. The lowest BCUT2D eigenvalue weighted by atomic mass is 10.1. The predicted molar refractivity (Wildman–Crippen MR) is 156 cm³/mol. The van der Waals surface area contributed by atoms with Gasteiger partial charge >= 0.3 is 0 Å². The monoisotopic (exact) mass is 589 g/mol. The van der Waals surface area contributed by atoms with E-state index in [1.165, 1.54) is 17.0 Å². The van der Waals surface area contributed by atoms with Gasteiger partial charge in [0.1, 0.15) is 12.6 Å². The van der Waals surface area contributed by atoms with E-state index in [0.717, 1.165) is 15.4 Å². The molecule has 3 aromatic rings. The first-order valence-electron chi connectivity index (χ1n) is 12.6. The molecule has 3 aromatic carbocycles. The van der Waals surface area contributed by atoms with Gasteiger partial charge in [0.15, 0.2) is 0 Å². The molecule has 39 heavy (non-hydrogen) atoms. The minimum Gasteiger partial charge on any atom is -0.354 e. The largest absolute Gasteiger partial charge is 0.354 e. The average Bonchev–Trinajstić information content (AvgIpc) is 2.90. The van der Waals surface area contributed by atoms with Gasteiger partial charge in [0.2, 0.25) is 11.8 Å². The second-order valence-electron chi connectivity index (χ2n) is 9.74. The van der Waals surface area contributed by atoms with Crippen LogP contribution in [0, 0.1) is 12.8 Å². The van der Waals surface area contributed by atoms with Gasteiger partial charge in [-0.15, -0.1) is 0 Å². The number of rotatable bonds is 11. The molecule has 7 nitrogen and oxygen atoms in total. The van der Waals surface area contributed by atoms with E-state index in [2.05, 4.69) is 5.32 Å². The molecule has 0 radical (unpaired) electrons. The molecule has 1 atom stereocenters. The second kappa shape index (κ2) is 13.3. The number of carbonyl (C=O) groups excluding carboxylic acids is 2. The Labute approximate surface area is 240 Å². The molecule has 1 N–H and O–H groups in total. The summed E-state index contributed by atoms with van der Waals surface area (Å²) in [5, 5.41) is 3.57. The van der Waals surface area contributed by atoms with Gasteiger partial charge in [-0.25, -0.2) is 8.42 Å². The highest BCUT2D eigenvalue weighted by Crippen LogP contribution is 2.31. The molecule has 1 unspecified atom stereocenters. The maximum atomic E-state index is 13.9. The number of aryl methyl sites for hydroxylation is 1. The van der Waals surface area contributed by atoms with Crippen LogP contribution in [0.25, 0.3) is 0 Å². The van der Waals surface area contributed by atoms with Crippen molar-refractivity contribution in [2.24, 2.45) is 5.92 Å². The van der Waals surface area contributed by atoms with Crippen LogP contribution in [0.1, 0.15) is 31.9 Å². The topological polar surface area (TPSA) is 86.8 Å². The Balaban J connectivity index is 2.02. The minimum absolute atomic E-state index is 0.0211. The van der Waals surface area contributed by atoms with Gasteiger partial charge in [0, 0.05) is 18.1 Å². The van der Waals surface area contributed by atoms with Gasteiger partial charge in [-0.3, -0.25) is 13.9 Å². The Bertz CT molecular complexity index is 1390. The standard InChI is InChI=1S/C29H33Cl2N3O4S/c1-20(2)17-32-29(36)22(4)33(18-23-11-13-24(30)14-12-23)28(35)19-34(27-8-6-5-7-26(27)31)39(37,38)25-15-9-21(3)10-16-25/h5-16,20,22H,17-19H2,1-4H3,(H,32,36). The van der Waals surface area contributed by atoms with Crippen LogP contribution >= 0.6 is 23.2 Å². The number of sulfonamides is 1. The molecule has 0 aliphatic rings. The summed E-state index contributed by atoms with van der Waals surface area (Å²) in [6.45, 7) is 7.38. The first-order chi connectivity index (χ1) is 18.4. The van der Waals surface area contributed by atoms with Crippen molar-refractivity contribution < 1.29 is 18.0 Å². The zero-order valence-electron chi connectivity index (χ0n) is 22.4. The molecule has 0 spiro atoms. The number of hydrogen-bond acceptors (Lipinski definition) is 4. The number of nitrogens with one attached hydrogen (secondary N) is 1. The minimum atomic E-state index is -4.18. The summed E-state index contributed by atoms with van der Waals surface area (Å²) in [5.74, 6) is -0.679. The molecule has 2 amide bonds. The van der Waals surface area contributed by atoms with Crippen LogP contribution in [-0.2, 0) is 26.2 Å². The van der Waals surface area contributed by atoms with Gasteiger partial charge in [0.05, 0.1) is 15.6 Å². The molecule has 0 aromatic heterocycles. The third-order valence-electron chi connectivity index (χ3n) is 6.13. The summed E-state index contributed by atoms with van der Waals surface area (Å²) in [6.07, 6.45) is 0. The van der Waals surface area contributed by atoms with Crippen LogP contribution in [-0.4, -0.2) is 44.3 Å². The van der Waals surface area contributed by atoms with Crippen LogP contribution < -0.4 is 9.62 Å². The Hall–Kier alpha value is -3.07. The predicted octanol–water partition coefficient (Wildman–Crippen LogP) is 5.69. The lowest BCUT2D eigenvalue weighted by Crippen LogP contribution is -2.51. The van der Waals surface area contributed by atoms with Crippen LogP contribution in [0.15, 0.2) is 77.7 Å². The highest BCUT2D eigenvalue weighted by Gasteiger charge is 2.33. The quantitative estimate of drug-likeness (QED) is 0.311. The number of hydrogen-bond donors (Lipinski definition) is 1. The van der Waals surface area contributed by atoms with Crippen molar-refractivity contribution >= 4 is 50.7 Å². The molecule has 0 aliphatic heterocycles. The molecular weight excluding hydrogens is 557 g/mol. The van der Waals surface area contributed by atoms with Gasteiger partial charge < -0.3 is 10.2 Å². The Morgan fingerprint density at radius 1 is 0.897 bits per heavy atom. The van der Waals surface area contributed by atoms with Gasteiger partial charge in [-0.1, -0.05) is 79.0 Å². The number of nitrogens with zero attached hydrogens (tertiary/aromatic N) is 2. The molecule has 0 heterocycles. The van der Waals surface area contributed by atoms with Crippen LogP contribution in [0.4, 0.5) is 5.69 Å². The molecule has 0 fully saturated rings. The summed E-state index contributed by atoms with van der Waals surface area (Å²) >= 11 is 12.5. The smallest absolute Gasteiger partial charge is 0.264 e. The van der Waals surface area contributed by atoms with Crippen LogP contribution in [0.3, 0.4) is 0 Å². The average molecular weight is 591 g/mol. The van der Waals surface area contributed by atoms with Crippen molar-refractivity contribution in [2.45, 2.75) is 45.2 Å². The number of anilines is 1. The molecule has 208 valence electrons. The maximum Gasteiger partial charge on any atom is 0.264 e. The fourth-order valence-corrected chi connectivity index (χ4v) is 5.67. The number of para-hydroxylation sites is 1. The Morgan fingerprint density at radius 2 is 1.51 bits per heavy atom. The van der Waals surface area contributed by atoms with Crippen molar-refractivity contribution in [3.05, 3.63) is 94.0 Å². The number of carbonyl (C=O) groups is 2. The van der Waals surface area contributed by atoms with Gasteiger partial charge in [-0.05, 0) is 61.7 Å². The van der Waals surface area contributed by atoms with E-state index in [-0.39, 0.29) is 34.0 Å². The fourth-order valence-electron chi connectivity index (χ4n) is 3.83. The van der Waals surface area contributed by atoms with E-state index >= 15 is 0 Å². The van der Waals surface area contributed by atoms with Gasteiger partial charge in [0.25, 0.3) is 10.0 Å². The summed E-state index contributed by atoms with van der Waals surface area (Å²) in [4.78, 5) is 28.3. The number of amides is 2. The highest BCUT2D eigenvalue weighted by atomic mass is 35.5. The van der Waals surface area contributed by atoms with E-state index in [4.69, 9.17) is 23.2 Å². The molecule has 3 rings (SSSR count). The SMILES string of the molecule is Cc1ccc(S(=O)(=O)N(CC(=O)N(Cc2ccc(Cl)cc2)C(C)C(=O)NCC(C)C)c2ccccc2Cl)cc1. The first-order valence-corrected chi connectivity index (χ1v) is 14.7. The highest BCUT2D eigenvalue weighted by molar-refractivity contribution is 7.92. The Morgan fingerprint density at radius 3 is 2.10 bits per heavy atom. The van der Waals surface area contributed by atoms with Crippen molar-refractivity contribution in [3.8, 4) is 0 Å². The van der Waals surface area contributed by atoms with E-state index in [9.17, 15) is 18.0 Å². The van der Waals surface area contributed by atoms with Crippen LogP contribution in [0.5, 0.6) is 0 Å². The van der Waals surface area contributed by atoms with E-state index in [1.54, 1.807) is 67.6 Å². The first kappa shape index (κ1) is 30.5.